The minimum Gasteiger partial charge on any atom is -0.369 e. The summed E-state index contributed by atoms with van der Waals surface area (Å²) in [4.78, 5) is 14.2. The summed E-state index contributed by atoms with van der Waals surface area (Å²) in [6.07, 6.45) is 3.30. The summed E-state index contributed by atoms with van der Waals surface area (Å²) in [5, 5.41) is 0. The number of halogens is 1. The van der Waals surface area contributed by atoms with E-state index in [4.69, 9.17) is 5.73 Å². The maximum Gasteiger partial charge on any atom is 0.222 e. The van der Waals surface area contributed by atoms with Crippen LogP contribution < -0.4 is 5.73 Å². The number of carbonyl (C=O) groups is 1. The summed E-state index contributed by atoms with van der Waals surface area (Å²) in [7, 11) is 2.05. The molecule has 2 N–H and O–H groups in total. The molecular weight excluding hydrogens is 255 g/mol. The first kappa shape index (κ1) is 15.0. The Balaban J connectivity index is 2.23. The molecule has 2 unspecified atom stereocenters. The maximum atomic E-state index is 13.0. The van der Waals surface area contributed by atoms with Gasteiger partial charge in [0.2, 0.25) is 5.91 Å². The molecule has 2 rings (SSSR count). The molecule has 0 radical (unpaired) electrons. The number of nitrogens with zero attached hydrogens (tertiary/aromatic N) is 1. The lowest BCUT2D eigenvalue weighted by Crippen LogP contribution is -2.48. The van der Waals surface area contributed by atoms with Gasteiger partial charge in [-0.1, -0.05) is 25.5 Å². The lowest BCUT2D eigenvalue weighted by Gasteiger charge is -2.39. The highest BCUT2D eigenvalue weighted by atomic mass is 19.1. The first-order valence-electron chi connectivity index (χ1n) is 7.25. The number of benzene rings is 1. The Bertz CT molecular complexity index is 460. The largest absolute Gasteiger partial charge is 0.369 e. The van der Waals surface area contributed by atoms with E-state index in [1.54, 1.807) is 12.1 Å². The van der Waals surface area contributed by atoms with Crippen molar-refractivity contribution in [1.29, 1.82) is 0 Å². The second-order valence-corrected chi connectivity index (χ2v) is 5.81. The molecule has 0 spiro atoms. The Morgan fingerprint density at radius 2 is 2.00 bits per heavy atom. The second-order valence-electron chi connectivity index (χ2n) is 5.81. The van der Waals surface area contributed by atoms with E-state index in [-0.39, 0.29) is 29.6 Å². The quantitative estimate of drug-likeness (QED) is 0.920. The van der Waals surface area contributed by atoms with Gasteiger partial charge in [0.15, 0.2) is 0 Å². The molecular formula is C16H23FN2O. The fraction of sp³-hybridized carbons (Fsp3) is 0.562. The van der Waals surface area contributed by atoms with Crippen LogP contribution in [-0.2, 0) is 4.79 Å². The normalized spacial score (nSPS) is 23.2. The number of hydrogen-bond acceptors (Lipinski definition) is 2. The smallest absolute Gasteiger partial charge is 0.222 e. The summed E-state index contributed by atoms with van der Waals surface area (Å²) in [6, 6.07) is 6.56. The van der Waals surface area contributed by atoms with Crippen LogP contribution in [0.15, 0.2) is 24.3 Å². The number of likely N-dealkylation sites (tertiary alicyclic amines) is 1. The minimum absolute atomic E-state index is 0.00125. The highest BCUT2D eigenvalue weighted by molar-refractivity contribution is 5.78. The van der Waals surface area contributed by atoms with Crippen LogP contribution in [0.25, 0.3) is 0 Å². The topological polar surface area (TPSA) is 46.3 Å². The SMILES string of the molecule is C[C@H](c1ccc(F)cc1)C(C(N)=O)C1CCCCN1C. The van der Waals surface area contributed by atoms with Gasteiger partial charge in [-0.25, -0.2) is 4.39 Å². The van der Waals surface area contributed by atoms with Gasteiger partial charge in [-0.3, -0.25) is 4.79 Å². The molecule has 1 aromatic rings. The van der Waals surface area contributed by atoms with Gasteiger partial charge in [0.05, 0.1) is 5.92 Å². The van der Waals surface area contributed by atoms with Crippen LogP contribution in [0.4, 0.5) is 4.39 Å². The number of nitrogens with two attached hydrogens (primary N) is 1. The fourth-order valence-corrected chi connectivity index (χ4v) is 3.30. The van der Waals surface area contributed by atoms with Crippen LogP contribution in [0.1, 0.15) is 37.7 Å². The van der Waals surface area contributed by atoms with E-state index in [0.29, 0.717) is 0 Å². The third-order valence-electron chi connectivity index (χ3n) is 4.50. The lowest BCUT2D eigenvalue weighted by atomic mass is 9.78. The number of primary amides is 1. The van der Waals surface area contributed by atoms with Crippen molar-refractivity contribution in [2.45, 2.75) is 38.1 Å². The van der Waals surface area contributed by atoms with Crippen LogP contribution in [-0.4, -0.2) is 30.4 Å². The van der Waals surface area contributed by atoms with Crippen LogP contribution >= 0.6 is 0 Å². The predicted molar refractivity (Wildman–Crippen MR) is 77.8 cm³/mol. The summed E-state index contributed by atoms with van der Waals surface area (Å²) < 4.78 is 13.0. The molecule has 1 aliphatic heterocycles. The van der Waals surface area contributed by atoms with Crippen molar-refractivity contribution in [2.24, 2.45) is 11.7 Å². The summed E-state index contributed by atoms with van der Waals surface area (Å²) in [5.41, 5.74) is 6.63. The van der Waals surface area contributed by atoms with Crippen molar-refractivity contribution in [2.75, 3.05) is 13.6 Å². The van der Waals surface area contributed by atoms with Crippen molar-refractivity contribution in [1.82, 2.24) is 4.90 Å². The van der Waals surface area contributed by atoms with Gasteiger partial charge < -0.3 is 10.6 Å². The Labute approximate surface area is 120 Å². The highest BCUT2D eigenvalue weighted by Gasteiger charge is 2.35. The van der Waals surface area contributed by atoms with Gasteiger partial charge in [0, 0.05) is 6.04 Å². The van der Waals surface area contributed by atoms with Crippen molar-refractivity contribution in [3.8, 4) is 0 Å². The second kappa shape index (κ2) is 6.35. The number of amides is 1. The zero-order valence-corrected chi connectivity index (χ0v) is 12.2. The van der Waals surface area contributed by atoms with E-state index < -0.39 is 0 Å². The number of hydrogen-bond donors (Lipinski definition) is 1. The van der Waals surface area contributed by atoms with Gasteiger partial charge >= 0.3 is 0 Å². The van der Waals surface area contributed by atoms with Gasteiger partial charge in [-0.05, 0) is 50.0 Å². The van der Waals surface area contributed by atoms with Gasteiger partial charge in [-0.2, -0.15) is 0 Å². The third-order valence-corrected chi connectivity index (χ3v) is 4.50. The van der Waals surface area contributed by atoms with Crippen molar-refractivity contribution in [3.05, 3.63) is 35.6 Å². The fourth-order valence-electron chi connectivity index (χ4n) is 3.30. The standard InChI is InChI=1S/C16H23FN2O/c1-11(12-6-8-13(17)9-7-12)15(16(18)20)14-5-3-4-10-19(14)2/h6-9,11,14-15H,3-5,10H2,1-2H3,(H2,18,20)/t11-,14?,15?/m1/s1. The maximum absolute atomic E-state index is 13.0. The molecule has 3 nitrogen and oxygen atoms in total. The first-order chi connectivity index (χ1) is 9.50. The Morgan fingerprint density at radius 3 is 2.55 bits per heavy atom. The van der Waals surface area contributed by atoms with E-state index in [1.807, 2.05) is 6.92 Å². The molecule has 1 amide bonds. The summed E-state index contributed by atoms with van der Waals surface area (Å²) in [5.74, 6) is -0.753. The van der Waals surface area contributed by atoms with Gasteiger partial charge in [-0.15, -0.1) is 0 Å². The van der Waals surface area contributed by atoms with Crippen molar-refractivity contribution < 1.29 is 9.18 Å². The van der Waals surface area contributed by atoms with Gasteiger partial charge in [0.25, 0.3) is 0 Å². The Hall–Kier alpha value is -1.42. The number of carbonyl (C=O) groups excluding carboxylic acids is 1. The number of piperidine rings is 1. The summed E-state index contributed by atoms with van der Waals surface area (Å²) >= 11 is 0. The first-order valence-corrected chi connectivity index (χ1v) is 7.25. The van der Waals surface area contributed by atoms with Crippen LogP contribution in [0.2, 0.25) is 0 Å². The molecule has 0 saturated carbocycles. The third kappa shape index (κ3) is 3.18. The zero-order chi connectivity index (χ0) is 14.7. The molecule has 1 aliphatic rings. The predicted octanol–water partition coefficient (Wildman–Crippen LogP) is 2.52. The van der Waals surface area contributed by atoms with E-state index in [9.17, 15) is 9.18 Å². The van der Waals surface area contributed by atoms with Crippen LogP contribution in [0.3, 0.4) is 0 Å². The Kier molecular flexibility index (Phi) is 4.76. The average Bonchev–Trinajstić information content (AvgIpc) is 2.41. The molecule has 1 aromatic carbocycles. The molecule has 110 valence electrons. The lowest BCUT2D eigenvalue weighted by molar-refractivity contribution is -0.125. The van der Waals surface area contributed by atoms with E-state index in [1.165, 1.54) is 18.6 Å². The van der Waals surface area contributed by atoms with Crippen molar-refractivity contribution in [3.63, 3.8) is 0 Å². The Morgan fingerprint density at radius 1 is 1.35 bits per heavy atom. The van der Waals surface area contributed by atoms with E-state index in [0.717, 1.165) is 24.9 Å². The molecule has 1 fully saturated rings. The van der Waals surface area contributed by atoms with Gasteiger partial charge in [0.1, 0.15) is 5.82 Å². The average molecular weight is 278 g/mol. The molecule has 0 aromatic heterocycles. The minimum atomic E-state index is -0.263. The molecule has 0 aliphatic carbocycles. The number of rotatable bonds is 4. The van der Waals surface area contributed by atoms with Crippen LogP contribution in [0, 0.1) is 11.7 Å². The zero-order valence-electron chi connectivity index (χ0n) is 12.2. The van der Waals surface area contributed by atoms with Crippen LogP contribution in [0.5, 0.6) is 0 Å². The van der Waals surface area contributed by atoms with E-state index >= 15 is 0 Å². The highest BCUT2D eigenvalue weighted by Crippen LogP contribution is 2.33. The van der Waals surface area contributed by atoms with Crippen molar-refractivity contribution >= 4 is 5.91 Å². The summed E-state index contributed by atoms with van der Waals surface area (Å²) in [6.45, 7) is 3.01. The monoisotopic (exact) mass is 278 g/mol. The molecule has 3 atom stereocenters. The van der Waals surface area contributed by atoms with E-state index in [2.05, 4.69) is 11.9 Å². The molecule has 1 saturated heterocycles. The molecule has 1 heterocycles. The molecule has 4 heteroatoms. The molecule has 20 heavy (non-hydrogen) atoms. The molecule has 0 bridgehead atoms.